The number of amides is 1. The van der Waals surface area contributed by atoms with E-state index in [1.807, 2.05) is 41.8 Å². The molecule has 4 rings (SSSR count). The summed E-state index contributed by atoms with van der Waals surface area (Å²) in [6, 6.07) is 14.6. The number of ether oxygens (including phenoxy) is 2. The highest BCUT2D eigenvalue weighted by Gasteiger charge is 2.19. The van der Waals surface area contributed by atoms with Crippen LogP contribution in [-0.4, -0.2) is 50.4 Å². The van der Waals surface area contributed by atoms with E-state index in [4.69, 9.17) is 9.47 Å². The van der Waals surface area contributed by atoms with Crippen LogP contribution in [0, 0.1) is 0 Å². The molecule has 8 nitrogen and oxygen atoms in total. The van der Waals surface area contributed by atoms with Gasteiger partial charge in [-0.15, -0.1) is 11.3 Å². The highest BCUT2D eigenvalue weighted by Crippen LogP contribution is 2.35. The lowest BCUT2D eigenvalue weighted by Gasteiger charge is -2.18. The topological polar surface area (TPSA) is 97.8 Å². The van der Waals surface area contributed by atoms with Gasteiger partial charge in [-0.3, -0.25) is 4.79 Å². The molecule has 2 heterocycles. The summed E-state index contributed by atoms with van der Waals surface area (Å²) in [6.07, 6.45) is 1.49. The van der Waals surface area contributed by atoms with E-state index >= 15 is 0 Å². The Morgan fingerprint density at radius 2 is 1.91 bits per heavy atom. The molecule has 1 N–H and O–H groups in total. The molecule has 32 heavy (non-hydrogen) atoms. The van der Waals surface area contributed by atoms with Gasteiger partial charge in [0, 0.05) is 23.4 Å². The minimum absolute atomic E-state index is 0.333. The maximum atomic E-state index is 12.4. The average Bonchev–Trinajstić information content (AvgIpc) is 3.26. The van der Waals surface area contributed by atoms with Gasteiger partial charge in [0.2, 0.25) is 15.9 Å². The van der Waals surface area contributed by atoms with Gasteiger partial charge in [0.1, 0.15) is 13.2 Å². The number of hydrogen-bond donors (Lipinski definition) is 1. The lowest BCUT2D eigenvalue weighted by molar-refractivity contribution is -0.116. The average molecular weight is 472 g/mol. The van der Waals surface area contributed by atoms with E-state index in [1.54, 1.807) is 12.1 Å². The molecular formula is C22H21N3O5S2. The van der Waals surface area contributed by atoms with Crippen molar-refractivity contribution in [3.05, 3.63) is 64.9 Å². The Bertz CT molecular complexity index is 1240. The van der Waals surface area contributed by atoms with Crippen LogP contribution in [0.4, 0.5) is 5.13 Å². The molecule has 0 radical (unpaired) electrons. The summed E-state index contributed by atoms with van der Waals surface area (Å²) in [5.74, 6) is 0.865. The van der Waals surface area contributed by atoms with Gasteiger partial charge >= 0.3 is 0 Å². The molecule has 0 spiro atoms. The number of nitrogens with one attached hydrogen (secondary N) is 1. The van der Waals surface area contributed by atoms with Crippen LogP contribution >= 0.6 is 11.3 Å². The van der Waals surface area contributed by atoms with Gasteiger partial charge in [-0.2, -0.15) is 4.31 Å². The molecule has 3 aromatic rings. The van der Waals surface area contributed by atoms with Crippen molar-refractivity contribution in [2.75, 3.05) is 32.1 Å². The summed E-state index contributed by atoms with van der Waals surface area (Å²) in [5, 5.41) is 5.93. The van der Waals surface area contributed by atoms with E-state index < -0.39 is 15.9 Å². The molecule has 10 heteroatoms. The summed E-state index contributed by atoms with van der Waals surface area (Å²) >= 11 is 1.26. The predicted octanol–water partition coefficient (Wildman–Crippen LogP) is 3.45. The predicted molar refractivity (Wildman–Crippen MR) is 124 cm³/mol. The van der Waals surface area contributed by atoms with Crippen LogP contribution < -0.4 is 14.8 Å². The van der Waals surface area contributed by atoms with Crippen LogP contribution in [0.5, 0.6) is 11.5 Å². The second-order valence-corrected chi connectivity index (χ2v) is 9.74. The molecule has 1 aliphatic heterocycles. The second-order valence-electron chi connectivity index (χ2n) is 6.96. The zero-order valence-corrected chi connectivity index (χ0v) is 18.9. The Balaban J connectivity index is 1.37. The van der Waals surface area contributed by atoms with Gasteiger partial charge in [0.05, 0.1) is 12.2 Å². The SMILES string of the molecule is CN(CC(=O)Nc1nc(-c2ccc3c(c2)OCCO3)cs1)S(=O)(=O)C=Cc1ccccc1. The van der Waals surface area contributed by atoms with Crippen LogP contribution in [0.2, 0.25) is 0 Å². The number of thiazole rings is 1. The molecule has 0 saturated heterocycles. The number of anilines is 1. The van der Waals surface area contributed by atoms with Gasteiger partial charge in [0.25, 0.3) is 0 Å². The van der Waals surface area contributed by atoms with Crippen molar-refractivity contribution < 1.29 is 22.7 Å². The first-order valence-corrected chi connectivity index (χ1v) is 12.1. The van der Waals surface area contributed by atoms with Gasteiger partial charge in [-0.25, -0.2) is 13.4 Å². The van der Waals surface area contributed by atoms with Gasteiger partial charge in [0.15, 0.2) is 16.6 Å². The molecule has 1 aliphatic rings. The Labute approximate surface area is 190 Å². The van der Waals surface area contributed by atoms with Crippen molar-refractivity contribution in [3.63, 3.8) is 0 Å². The van der Waals surface area contributed by atoms with Crippen molar-refractivity contribution in [2.45, 2.75) is 0 Å². The van der Waals surface area contributed by atoms with E-state index in [2.05, 4.69) is 10.3 Å². The van der Waals surface area contributed by atoms with Crippen LogP contribution in [0.15, 0.2) is 59.3 Å². The molecule has 2 aromatic carbocycles. The number of hydrogen-bond acceptors (Lipinski definition) is 7. The van der Waals surface area contributed by atoms with E-state index in [0.29, 0.717) is 35.5 Å². The second kappa shape index (κ2) is 9.51. The molecular weight excluding hydrogens is 450 g/mol. The lowest BCUT2D eigenvalue weighted by atomic mass is 10.1. The maximum Gasteiger partial charge on any atom is 0.241 e. The molecule has 0 unspecified atom stereocenters. The number of carbonyl (C=O) groups is 1. The van der Waals surface area contributed by atoms with Gasteiger partial charge in [-0.1, -0.05) is 30.3 Å². The summed E-state index contributed by atoms with van der Waals surface area (Å²) in [5.41, 5.74) is 2.26. The summed E-state index contributed by atoms with van der Waals surface area (Å²) in [7, 11) is -2.39. The zero-order valence-electron chi connectivity index (χ0n) is 17.2. The number of aromatic nitrogens is 1. The zero-order chi connectivity index (χ0) is 22.6. The van der Waals surface area contributed by atoms with Crippen LogP contribution in [0.25, 0.3) is 17.3 Å². The number of nitrogens with zero attached hydrogens (tertiary/aromatic N) is 2. The molecule has 0 aliphatic carbocycles. The highest BCUT2D eigenvalue weighted by atomic mass is 32.2. The largest absolute Gasteiger partial charge is 0.486 e. The summed E-state index contributed by atoms with van der Waals surface area (Å²) in [4.78, 5) is 16.8. The molecule has 166 valence electrons. The van der Waals surface area contributed by atoms with Crippen LogP contribution in [-0.2, 0) is 14.8 Å². The van der Waals surface area contributed by atoms with Crippen molar-refractivity contribution >= 4 is 38.5 Å². The number of benzene rings is 2. The fraction of sp³-hybridized carbons (Fsp3) is 0.182. The molecule has 1 aromatic heterocycles. The van der Waals surface area contributed by atoms with E-state index in [0.717, 1.165) is 20.8 Å². The monoisotopic (exact) mass is 471 g/mol. The minimum Gasteiger partial charge on any atom is -0.486 e. The molecule has 1 amide bonds. The number of likely N-dealkylation sites (N-methyl/N-ethyl adjacent to an activating group) is 1. The smallest absolute Gasteiger partial charge is 0.241 e. The molecule has 0 bridgehead atoms. The first-order chi connectivity index (χ1) is 15.4. The van der Waals surface area contributed by atoms with Crippen LogP contribution in [0.3, 0.4) is 0 Å². The van der Waals surface area contributed by atoms with Crippen molar-refractivity contribution in [1.29, 1.82) is 0 Å². The van der Waals surface area contributed by atoms with Gasteiger partial charge in [-0.05, 0) is 29.8 Å². The fourth-order valence-corrected chi connectivity index (χ4v) is 4.52. The first kappa shape index (κ1) is 22.0. The van der Waals surface area contributed by atoms with Crippen molar-refractivity contribution in [2.24, 2.45) is 0 Å². The summed E-state index contributed by atoms with van der Waals surface area (Å²) < 4.78 is 36.9. The molecule has 0 saturated carbocycles. The Morgan fingerprint density at radius 3 is 2.69 bits per heavy atom. The maximum absolute atomic E-state index is 12.4. The minimum atomic E-state index is -3.74. The fourth-order valence-electron chi connectivity index (χ4n) is 2.95. The third kappa shape index (κ3) is 5.34. The third-order valence-corrected chi connectivity index (χ3v) is 6.86. The molecule has 0 atom stereocenters. The Kier molecular flexibility index (Phi) is 6.54. The number of carbonyl (C=O) groups excluding carboxylic acids is 1. The summed E-state index contributed by atoms with van der Waals surface area (Å²) in [6.45, 7) is 0.678. The lowest BCUT2D eigenvalue weighted by Crippen LogP contribution is -2.33. The quantitative estimate of drug-likeness (QED) is 0.567. The normalized spacial score (nSPS) is 13.4. The number of rotatable bonds is 7. The number of fused-ring (bicyclic) bond motifs is 1. The highest BCUT2D eigenvalue weighted by molar-refractivity contribution is 7.92. The van der Waals surface area contributed by atoms with Crippen molar-refractivity contribution in [3.8, 4) is 22.8 Å². The van der Waals surface area contributed by atoms with Crippen LogP contribution in [0.1, 0.15) is 5.56 Å². The van der Waals surface area contributed by atoms with E-state index in [9.17, 15) is 13.2 Å². The van der Waals surface area contributed by atoms with E-state index in [-0.39, 0.29) is 6.54 Å². The van der Waals surface area contributed by atoms with Gasteiger partial charge < -0.3 is 14.8 Å². The van der Waals surface area contributed by atoms with E-state index in [1.165, 1.54) is 24.5 Å². The first-order valence-electron chi connectivity index (χ1n) is 9.75. The third-order valence-electron chi connectivity index (χ3n) is 4.62. The van der Waals surface area contributed by atoms with Crippen molar-refractivity contribution in [1.82, 2.24) is 9.29 Å². The molecule has 0 fully saturated rings. The Hall–Kier alpha value is -3.21. The standard InChI is InChI=1S/C22H21N3O5S2/c1-25(32(27,28)12-9-16-5-3-2-4-6-16)14-21(26)24-22-23-18(15-31-22)17-7-8-19-20(13-17)30-11-10-29-19/h2-9,12-13,15H,10-11,14H2,1H3,(H,23,24,26). The number of sulfonamides is 1. The Morgan fingerprint density at radius 1 is 1.16 bits per heavy atom.